The minimum absolute atomic E-state index is 0.0728. The number of rotatable bonds is 2. The summed E-state index contributed by atoms with van der Waals surface area (Å²) >= 11 is 0. The predicted octanol–water partition coefficient (Wildman–Crippen LogP) is 3.72. The second-order valence-electron chi connectivity index (χ2n) is 8.92. The largest absolute Gasteiger partial charge is 0.360 e. The minimum atomic E-state index is -0.555. The Morgan fingerprint density at radius 1 is 1.00 bits per heavy atom. The number of benzene rings is 1. The summed E-state index contributed by atoms with van der Waals surface area (Å²) in [6.45, 7) is 8.77. The molecule has 5 heteroatoms. The molecule has 0 spiro atoms. The number of H-pyrrole nitrogens is 1. The fourth-order valence-electron chi connectivity index (χ4n) is 4.83. The Morgan fingerprint density at radius 3 is 2.42 bits per heavy atom. The van der Waals surface area contributed by atoms with Gasteiger partial charge in [0, 0.05) is 39.9 Å². The van der Waals surface area contributed by atoms with Gasteiger partial charge in [-0.3, -0.25) is 0 Å². The zero-order valence-electron chi connectivity index (χ0n) is 15.9. The molecule has 1 aliphatic rings. The minimum Gasteiger partial charge on any atom is -0.360 e. The smallest absolute Gasteiger partial charge is 0.148 e. The number of aromatic amines is 1. The number of nitrogens with two attached hydrogens (primary N) is 1. The zero-order chi connectivity index (χ0) is 18.6. The van der Waals surface area contributed by atoms with E-state index in [1.165, 1.54) is 0 Å². The molecule has 0 saturated carbocycles. The van der Waals surface area contributed by atoms with E-state index in [9.17, 15) is 0 Å². The van der Waals surface area contributed by atoms with E-state index < -0.39 is 5.54 Å². The molecule has 0 unspecified atom stereocenters. The average molecular weight is 349 g/mol. The quantitative estimate of drug-likeness (QED) is 0.659. The van der Waals surface area contributed by atoms with Gasteiger partial charge in [-0.2, -0.15) is 0 Å². The first-order chi connectivity index (χ1) is 12.2. The third kappa shape index (κ3) is 3.02. The van der Waals surface area contributed by atoms with E-state index in [0.717, 1.165) is 40.8 Å². The normalized spacial score (nSPS) is 21.0. The zero-order valence-corrected chi connectivity index (χ0v) is 15.9. The second kappa shape index (κ2) is 5.63. The SMILES string of the molecule is CC1(C)CC(N)(c2nccc(-c3c[nH]c4ccccc34)n2)CC(C)(C)N1. The lowest BCUT2D eigenvalue weighted by Crippen LogP contribution is -2.65. The highest BCUT2D eigenvalue weighted by Gasteiger charge is 2.47. The molecule has 1 saturated heterocycles. The maximum atomic E-state index is 6.89. The standard InChI is InChI=1S/C21H27N5/c1-19(2)12-21(22,13-20(3,4)26-19)18-23-10-9-17(25-18)15-11-24-16-8-6-5-7-14(15)16/h5-11,24,26H,12-13,22H2,1-4H3. The number of hydrogen-bond acceptors (Lipinski definition) is 4. The molecule has 0 aliphatic carbocycles. The molecular weight excluding hydrogens is 322 g/mol. The Labute approximate surface area is 154 Å². The van der Waals surface area contributed by atoms with Crippen LogP contribution in [0, 0.1) is 0 Å². The third-order valence-electron chi connectivity index (χ3n) is 5.16. The van der Waals surface area contributed by atoms with Crippen LogP contribution in [0.15, 0.2) is 42.7 Å². The van der Waals surface area contributed by atoms with Crippen molar-refractivity contribution in [1.82, 2.24) is 20.3 Å². The Balaban J connectivity index is 1.78. The van der Waals surface area contributed by atoms with Crippen LogP contribution in [0.2, 0.25) is 0 Å². The molecule has 1 aliphatic heterocycles. The molecule has 0 bridgehead atoms. The molecule has 136 valence electrons. The monoisotopic (exact) mass is 349 g/mol. The number of aromatic nitrogens is 3. The molecule has 3 aromatic rings. The van der Waals surface area contributed by atoms with E-state index in [1.807, 2.05) is 30.6 Å². The molecule has 0 atom stereocenters. The van der Waals surface area contributed by atoms with Gasteiger partial charge < -0.3 is 16.0 Å². The van der Waals surface area contributed by atoms with Crippen molar-refractivity contribution in [2.45, 2.75) is 57.2 Å². The first-order valence-electron chi connectivity index (χ1n) is 9.16. The van der Waals surface area contributed by atoms with Crippen LogP contribution < -0.4 is 11.1 Å². The number of fused-ring (bicyclic) bond motifs is 1. The van der Waals surface area contributed by atoms with E-state index in [0.29, 0.717) is 0 Å². The number of nitrogens with zero attached hydrogens (tertiary/aromatic N) is 2. The third-order valence-corrected chi connectivity index (χ3v) is 5.16. The van der Waals surface area contributed by atoms with Gasteiger partial charge in [-0.15, -0.1) is 0 Å². The lowest BCUT2D eigenvalue weighted by atomic mass is 9.71. The Hall–Kier alpha value is -2.24. The van der Waals surface area contributed by atoms with Crippen molar-refractivity contribution in [3.63, 3.8) is 0 Å². The van der Waals surface area contributed by atoms with E-state index in [-0.39, 0.29) is 11.1 Å². The molecule has 3 heterocycles. The number of hydrogen-bond donors (Lipinski definition) is 3. The number of piperidine rings is 1. The lowest BCUT2D eigenvalue weighted by molar-refractivity contribution is 0.0991. The van der Waals surface area contributed by atoms with Gasteiger partial charge in [0.15, 0.2) is 0 Å². The summed E-state index contributed by atoms with van der Waals surface area (Å²) in [4.78, 5) is 12.8. The molecule has 5 nitrogen and oxygen atoms in total. The number of nitrogens with one attached hydrogen (secondary N) is 2. The fraction of sp³-hybridized carbons (Fsp3) is 0.429. The van der Waals surface area contributed by atoms with Gasteiger partial charge in [0.2, 0.25) is 0 Å². The molecule has 1 aromatic carbocycles. The topological polar surface area (TPSA) is 79.6 Å². The van der Waals surface area contributed by atoms with Crippen LogP contribution >= 0.6 is 0 Å². The fourth-order valence-corrected chi connectivity index (χ4v) is 4.83. The predicted molar refractivity (Wildman–Crippen MR) is 106 cm³/mol. The van der Waals surface area contributed by atoms with Crippen LogP contribution in [-0.2, 0) is 5.54 Å². The van der Waals surface area contributed by atoms with Gasteiger partial charge in [-0.25, -0.2) is 9.97 Å². The summed E-state index contributed by atoms with van der Waals surface area (Å²) in [5.41, 5.74) is 9.29. The van der Waals surface area contributed by atoms with Gasteiger partial charge >= 0.3 is 0 Å². The van der Waals surface area contributed by atoms with Gasteiger partial charge in [0.1, 0.15) is 5.82 Å². The van der Waals surface area contributed by atoms with E-state index in [2.05, 4.69) is 55.1 Å². The summed E-state index contributed by atoms with van der Waals surface area (Å²) in [7, 11) is 0. The summed E-state index contributed by atoms with van der Waals surface area (Å²) in [6.07, 6.45) is 5.42. The summed E-state index contributed by atoms with van der Waals surface area (Å²) in [5.74, 6) is 0.725. The van der Waals surface area contributed by atoms with Gasteiger partial charge in [-0.05, 0) is 52.7 Å². The second-order valence-corrected chi connectivity index (χ2v) is 8.92. The highest BCUT2D eigenvalue weighted by atomic mass is 15.1. The molecule has 4 N–H and O–H groups in total. The first kappa shape index (κ1) is 17.2. The van der Waals surface area contributed by atoms with E-state index in [1.54, 1.807) is 0 Å². The van der Waals surface area contributed by atoms with Gasteiger partial charge in [-0.1, -0.05) is 18.2 Å². The maximum Gasteiger partial charge on any atom is 0.148 e. The lowest BCUT2D eigenvalue weighted by Gasteiger charge is -2.50. The van der Waals surface area contributed by atoms with Crippen molar-refractivity contribution >= 4 is 10.9 Å². The number of para-hydroxylation sites is 1. The van der Waals surface area contributed by atoms with Crippen molar-refractivity contribution in [1.29, 1.82) is 0 Å². The van der Waals surface area contributed by atoms with E-state index >= 15 is 0 Å². The van der Waals surface area contributed by atoms with Crippen LogP contribution in [0.4, 0.5) is 0 Å². The molecular formula is C21H27N5. The van der Waals surface area contributed by atoms with Crippen LogP contribution in [-0.4, -0.2) is 26.0 Å². The first-order valence-corrected chi connectivity index (χ1v) is 9.16. The summed E-state index contributed by atoms with van der Waals surface area (Å²) < 4.78 is 0. The Bertz CT molecular complexity index is 938. The molecule has 1 fully saturated rings. The summed E-state index contributed by atoms with van der Waals surface area (Å²) in [5, 5.41) is 4.84. The maximum absolute atomic E-state index is 6.89. The molecule has 4 rings (SSSR count). The molecule has 0 radical (unpaired) electrons. The molecule has 26 heavy (non-hydrogen) atoms. The van der Waals surface area contributed by atoms with Crippen molar-refractivity contribution in [2.24, 2.45) is 5.73 Å². The van der Waals surface area contributed by atoms with Gasteiger partial charge in [0.25, 0.3) is 0 Å². The highest BCUT2D eigenvalue weighted by Crippen LogP contribution is 2.40. The van der Waals surface area contributed by atoms with Crippen LogP contribution in [0.25, 0.3) is 22.2 Å². The van der Waals surface area contributed by atoms with E-state index in [4.69, 9.17) is 10.7 Å². The Morgan fingerprint density at radius 2 is 1.69 bits per heavy atom. The highest BCUT2D eigenvalue weighted by molar-refractivity contribution is 5.94. The van der Waals surface area contributed by atoms with Crippen molar-refractivity contribution in [3.05, 3.63) is 48.5 Å². The van der Waals surface area contributed by atoms with Crippen molar-refractivity contribution in [2.75, 3.05) is 0 Å². The molecule has 0 amide bonds. The average Bonchev–Trinajstić information content (AvgIpc) is 2.95. The van der Waals surface area contributed by atoms with Crippen LogP contribution in [0.1, 0.15) is 46.4 Å². The molecule has 2 aromatic heterocycles. The summed E-state index contributed by atoms with van der Waals surface area (Å²) in [6, 6.07) is 10.2. The van der Waals surface area contributed by atoms with Crippen molar-refractivity contribution in [3.8, 4) is 11.3 Å². The van der Waals surface area contributed by atoms with Crippen LogP contribution in [0.5, 0.6) is 0 Å². The van der Waals surface area contributed by atoms with Crippen molar-refractivity contribution < 1.29 is 0 Å². The van der Waals surface area contributed by atoms with Crippen LogP contribution in [0.3, 0.4) is 0 Å². The van der Waals surface area contributed by atoms with Gasteiger partial charge in [0.05, 0.1) is 11.2 Å². The Kier molecular flexibility index (Phi) is 3.72.